The summed E-state index contributed by atoms with van der Waals surface area (Å²) in [5.74, 6) is 0. The molecule has 0 aromatic heterocycles. The van der Waals surface area contributed by atoms with Crippen molar-refractivity contribution in [2.24, 2.45) is 0 Å². The molecule has 0 fully saturated rings. The Morgan fingerprint density at radius 3 is 1.25 bits per heavy atom. The van der Waals surface area contributed by atoms with E-state index in [9.17, 15) is 9.46 Å². The van der Waals surface area contributed by atoms with Crippen LogP contribution in [-0.4, -0.2) is 87.3 Å². The highest BCUT2D eigenvalue weighted by molar-refractivity contribution is 7.47. The average Bonchev–Trinajstić information content (AvgIpc) is 2.45. The SMILES string of the molecule is CCCCCCCCOP(=O)(O)OCCCCCCCC.[MgH2].[MgH2].[MgH2]. The van der Waals surface area contributed by atoms with Crippen LogP contribution in [0.15, 0.2) is 0 Å². The van der Waals surface area contributed by atoms with Gasteiger partial charge in [0.2, 0.25) is 0 Å². The molecule has 0 saturated carbocycles. The van der Waals surface area contributed by atoms with Crippen molar-refractivity contribution in [1.82, 2.24) is 0 Å². The summed E-state index contributed by atoms with van der Waals surface area (Å²) < 4.78 is 21.5. The Labute approximate surface area is 198 Å². The Hall–Kier alpha value is 2.41. The highest BCUT2D eigenvalue weighted by Crippen LogP contribution is 2.43. The molecule has 0 spiro atoms. The molecule has 0 radical (unpaired) electrons. The molecule has 0 aliphatic rings. The van der Waals surface area contributed by atoms with Crippen molar-refractivity contribution in [2.75, 3.05) is 13.2 Å². The van der Waals surface area contributed by atoms with Crippen LogP contribution in [0.3, 0.4) is 0 Å². The molecule has 0 aromatic carbocycles. The molecule has 24 heavy (non-hydrogen) atoms. The molecule has 0 rings (SSSR count). The zero-order valence-corrected chi connectivity index (χ0v) is 14.9. The van der Waals surface area contributed by atoms with Gasteiger partial charge >= 0.3 is 77.0 Å². The fourth-order valence-corrected chi connectivity index (χ4v) is 2.96. The van der Waals surface area contributed by atoms with Crippen LogP contribution < -0.4 is 0 Å². The van der Waals surface area contributed by atoms with E-state index in [0.717, 1.165) is 25.7 Å². The first-order valence-corrected chi connectivity index (χ1v) is 10.2. The van der Waals surface area contributed by atoms with Crippen LogP contribution in [-0.2, 0) is 13.6 Å². The summed E-state index contributed by atoms with van der Waals surface area (Å²) in [5.41, 5.74) is 0. The monoisotopic (exact) mass is 400 g/mol. The fourth-order valence-electron chi connectivity index (χ4n) is 2.16. The van der Waals surface area contributed by atoms with E-state index in [4.69, 9.17) is 9.05 Å². The lowest BCUT2D eigenvalue weighted by molar-refractivity contribution is 0.145. The van der Waals surface area contributed by atoms with Crippen molar-refractivity contribution in [3.8, 4) is 0 Å². The first-order valence-electron chi connectivity index (χ1n) is 8.74. The average molecular weight is 401 g/mol. The molecule has 0 bridgehead atoms. The van der Waals surface area contributed by atoms with Gasteiger partial charge in [0, 0.05) is 0 Å². The number of rotatable bonds is 16. The Morgan fingerprint density at radius 1 is 0.625 bits per heavy atom. The largest absolute Gasteiger partial charge is 0.472 e. The standard InChI is InChI=1S/C16H35O4P.3Mg.6H/c1-3-5-7-9-11-13-15-19-21(17,18)20-16-14-12-10-8-6-4-2;;;;;;;;;/h3-16H2,1-2H3,(H,17,18);;;;;;;;;. The van der Waals surface area contributed by atoms with Crippen molar-refractivity contribution >= 4 is 77.0 Å². The third-order valence-corrected chi connectivity index (χ3v) is 4.52. The smallest absolute Gasteiger partial charge is 0.302 e. The highest BCUT2D eigenvalue weighted by Gasteiger charge is 2.19. The van der Waals surface area contributed by atoms with Gasteiger partial charge in [0.1, 0.15) is 0 Å². The molecule has 0 aromatic rings. The minimum atomic E-state index is -3.82. The summed E-state index contributed by atoms with van der Waals surface area (Å²) in [6.45, 7) is 5.01. The van der Waals surface area contributed by atoms with E-state index < -0.39 is 7.82 Å². The molecule has 0 atom stereocenters. The Bertz CT molecular complexity index is 250. The lowest BCUT2D eigenvalue weighted by Crippen LogP contribution is -1.99. The second kappa shape index (κ2) is 25.4. The third-order valence-electron chi connectivity index (χ3n) is 3.50. The summed E-state index contributed by atoms with van der Waals surface area (Å²) in [6, 6.07) is 0. The molecule has 0 saturated heterocycles. The lowest BCUT2D eigenvalue weighted by atomic mass is 10.1. The van der Waals surface area contributed by atoms with Gasteiger partial charge in [-0.2, -0.15) is 0 Å². The Kier molecular flexibility index (Phi) is 35.9. The molecule has 0 amide bonds. The molecule has 4 nitrogen and oxygen atoms in total. The van der Waals surface area contributed by atoms with Gasteiger partial charge in [0.25, 0.3) is 0 Å². The molecular weight excluding hydrogens is 360 g/mol. The molecular formula is C16H41Mg3O4P. The van der Waals surface area contributed by atoms with E-state index in [1.54, 1.807) is 0 Å². The van der Waals surface area contributed by atoms with Gasteiger partial charge in [-0.1, -0.05) is 78.1 Å². The maximum atomic E-state index is 11.6. The zero-order valence-electron chi connectivity index (χ0n) is 14.0. The molecule has 0 aliphatic carbocycles. The molecule has 8 heteroatoms. The number of hydrogen-bond acceptors (Lipinski definition) is 3. The number of phosphoric ester groups is 1. The molecule has 1 N–H and O–H groups in total. The van der Waals surface area contributed by atoms with Crippen LogP contribution in [0.4, 0.5) is 0 Å². The maximum Gasteiger partial charge on any atom is 0.472 e. The molecule has 140 valence electrons. The van der Waals surface area contributed by atoms with Crippen LogP contribution >= 0.6 is 7.82 Å². The maximum absolute atomic E-state index is 11.6. The van der Waals surface area contributed by atoms with Crippen molar-refractivity contribution in [1.29, 1.82) is 0 Å². The van der Waals surface area contributed by atoms with Gasteiger partial charge in [0.15, 0.2) is 0 Å². The van der Waals surface area contributed by atoms with Gasteiger partial charge in [-0.05, 0) is 12.8 Å². The minimum absolute atomic E-state index is 0. The number of hydrogen-bond donors (Lipinski definition) is 1. The van der Waals surface area contributed by atoms with Crippen molar-refractivity contribution in [3.63, 3.8) is 0 Å². The lowest BCUT2D eigenvalue weighted by Gasteiger charge is -2.12. The summed E-state index contributed by atoms with van der Waals surface area (Å²) in [7, 11) is -3.82. The number of phosphoric acid groups is 1. The van der Waals surface area contributed by atoms with Crippen molar-refractivity contribution < 1.29 is 18.5 Å². The van der Waals surface area contributed by atoms with Crippen LogP contribution in [0.2, 0.25) is 0 Å². The normalized spacial score (nSPS) is 10.5. The van der Waals surface area contributed by atoms with E-state index in [0.29, 0.717) is 13.2 Å². The first kappa shape index (κ1) is 34.0. The summed E-state index contributed by atoms with van der Waals surface area (Å²) in [5, 5.41) is 0. The minimum Gasteiger partial charge on any atom is -0.302 e. The van der Waals surface area contributed by atoms with Gasteiger partial charge in [-0.15, -0.1) is 0 Å². The zero-order chi connectivity index (χ0) is 15.8. The predicted molar refractivity (Wildman–Crippen MR) is 114 cm³/mol. The van der Waals surface area contributed by atoms with Gasteiger partial charge in [-0.3, -0.25) is 9.05 Å². The van der Waals surface area contributed by atoms with Gasteiger partial charge in [0.05, 0.1) is 13.2 Å². The second-order valence-electron chi connectivity index (χ2n) is 5.67. The van der Waals surface area contributed by atoms with E-state index in [1.165, 1.54) is 51.4 Å². The van der Waals surface area contributed by atoms with E-state index >= 15 is 0 Å². The highest BCUT2D eigenvalue weighted by atomic mass is 31.2. The van der Waals surface area contributed by atoms with Crippen LogP contribution in [0.25, 0.3) is 0 Å². The third kappa shape index (κ3) is 26.6. The summed E-state index contributed by atoms with van der Waals surface area (Å²) in [4.78, 5) is 9.51. The topological polar surface area (TPSA) is 55.8 Å². The quantitative estimate of drug-likeness (QED) is 0.245. The van der Waals surface area contributed by atoms with Crippen LogP contribution in [0.5, 0.6) is 0 Å². The van der Waals surface area contributed by atoms with E-state index in [1.807, 2.05) is 0 Å². The molecule has 0 unspecified atom stereocenters. The van der Waals surface area contributed by atoms with Crippen LogP contribution in [0.1, 0.15) is 90.9 Å². The Balaban J connectivity index is -0.000000667. The fraction of sp³-hybridized carbons (Fsp3) is 1.00. The van der Waals surface area contributed by atoms with E-state index in [2.05, 4.69) is 13.8 Å². The van der Waals surface area contributed by atoms with Crippen LogP contribution in [0, 0.1) is 0 Å². The van der Waals surface area contributed by atoms with Gasteiger partial charge < -0.3 is 4.89 Å². The molecule has 0 heterocycles. The first-order chi connectivity index (χ1) is 10.1. The van der Waals surface area contributed by atoms with E-state index in [-0.39, 0.29) is 69.2 Å². The van der Waals surface area contributed by atoms with Crippen molar-refractivity contribution in [3.05, 3.63) is 0 Å². The summed E-state index contributed by atoms with van der Waals surface area (Å²) in [6.07, 6.45) is 13.6. The van der Waals surface area contributed by atoms with Crippen molar-refractivity contribution in [2.45, 2.75) is 90.9 Å². The Morgan fingerprint density at radius 2 is 0.917 bits per heavy atom. The molecule has 0 aliphatic heterocycles. The van der Waals surface area contributed by atoms with Gasteiger partial charge in [-0.25, -0.2) is 4.57 Å². The summed E-state index contributed by atoms with van der Waals surface area (Å²) >= 11 is 0. The second-order valence-corrected chi connectivity index (χ2v) is 7.12. The predicted octanol–water partition coefficient (Wildman–Crippen LogP) is 3.09. The number of unbranched alkanes of at least 4 members (excludes halogenated alkanes) is 10.